The van der Waals surface area contributed by atoms with Crippen molar-refractivity contribution in [2.75, 3.05) is 32.6 Å². The Kier molecular flexibility index (Phi) is 6.90. The molecule has 0 atom stereocenters. The summed E-state index contributed by atoms with van der Waals surface area (Å²) in [7, 11) is 3.78. The van der Waals surface area contributed by atoms with Crippen LogP contribution in [0.3, 0.4) is 0 Å². The van der Waals surface area contributed by atoms with Gasteiger partial charge in [0.15, 0.2) is 0 Å². The fraction of sp³-hybridized carbons (Fsp3) is 0.385. The summed E-state index contributed by atoms with van der Waals surface area (Å²) in [4.78, 5) is 28.0. The minimum Gasteiger partial charge on any atom is -0.497 e. The highest BCUT2D eigenvalue weighted by molar-refractivity contribution is 6.01. The lowest BCUT2D eigenvalue weighted by molar-refractivity contribution is -0.116. The third kappa shape index (κ3) is 5.19. The van der Waals surface area contributed by atoms with Gasteiger partial charge in [-0.25, -0.2) is 0 Å². The SMILES string of the molecule is COc1cccc(CCC(=O)Nc2cccc3c(=O)n(CC4CCN(C)CC4)ccc23)c1. The van der Waals surface area contributed by atoms with Crippen LogP contribution < -0.4 is 15.6 Å². The van der Waals surface area contributed by atoms with E-state index in [4.69, 9.17) is 4.74 Å². The van der Waals surface area contributed by atoms with Crippen LogP contribution in [0.4, 0.5) is 5.69 Å². The zero-order chi connectivity index (χ0) is 22.5. The molecule has 1 saturated heterocycles. The van der Waals surface area contributed by atoms with E-state index in [1.807, 2.05) is 59.3 Å². The second kappa shape index (κ2) is 10.0. The number of hydrogen-bond acceptors (Lipinski definition) is 4. The number of hydrogen-bond donors (Lipinski definition) is 1. The number of aryl methyl sites for hydroxylation is 1. The molecule has 0 aliphatic carbocycles. The molecule has 4 rings (SSSR count). The molecule has 1 fully saturated rings. The van der Waals surface area contributed by atoms with Gasteiger partial charge in [0.2, 0.25) is 5.91 Å². The topological polar surface area (TPSA) is 63.6 Å². The van der Waals surface area contributed by atoms with Gasteiger partial charge in [-0.2, -0.15) is 0 Å². The molecular formula is C26H31N3O3. The largest absolute Gasteiger partial charge is 0.497 e. The summed E-state index contributed by atoms with van der Waals surface area (Å²) in [5.74, 6) is 1.24. The molecule has 0 unspecified atom stereocenters. The number of carbonyl (C=O) groups excluding carboxylic acids is 1. The normalized spacial score (nSPS) is 15.1. The molecule has 32 heavy (non-hydrogen) atoms. The highest BCUT2D eigenvalue weighted by atomic mass is 16.5. The quantitative estimate of drug-likeness (QED) is 0.613. The average Bonchev–Trinajstić information content (AvgIpc) is 2.81. The second-order valence-electron chi connectivity index (χ2n) is 8.69. The molecule has 0 bridgehead atoms. The van der Waals surface area contributed by atoms with Gasteiger partial charge in [0, 0.05) is 35.6 Å². The Bertz CT molecular complexity index is 1150. The zero-order valence-electron chi connectivity index (χ0n) is 18.8. The molecule has 1 aromatic heterocycles. The number of ether oxygens (including phenoxy) is 1. The van der Waals surface area contributed by atoms with E-state index < -0.39 is 0 Å². The third-order valence-corrected chi connectivity index (χ3v) is 6.36. The highest BCUT2D eigenvalue weighted by Gasteiger charge is 2.18. The minimum atomic E-state index is -0.0733. The number of nitrogens with one attached hydrogen (secondary N) is 1. The minimum absolute atomic E-state index is 0.00825. The van der Waals surface area contributed by atoms with Gasteiger partial charge in [0.05, 0.1) is 7.11 Å². The lowest BCUT2D eigenvalue weighted by Crippen LogP contribution is -2.33. The Balaban J connectivity index is 1.45. The molecule has 1 N–H and O–H groups in total. The summed E-state index contributed by atoms with van der Waals surface area (Å²) in [5.41, 5.74) is 1.74. The van der Waals surface area contributed by atoms with Crippen molar-refractivity contribution in [3.63, 3.8) is 0 Å². The molecule has 168 valence electrons. The summed E-state index contributed by atoms with van der Waals surface area (Å²) in [5, 5.41) is 4.42. The Morgan fingerprint density at radius 1 is 1.09 bits per heavy atom. The number of methoxy groups -OCH3 is 1. The van der Waals surface area contributed by atoms with Gasteiger partial charge < -0.3 is 19.5 Å². The van der Waals surface area contributed by atoms with Crippen molar-refractivity contribution >= 4 is 22.4 Å². The van der Waals surface area contributed by atoms with Crippen LogP contribution in [-0.2, 0) is 17.8 Å². The number of rotatable bonds is 7. The number of fused-ring (bicyclic) bond motifs is 1. The van der Waals surface area contributed by atoms with Crippen LogP contribution in [0, 0.1) is 5.92 Å². The first-order valence-electron chi connectivity index (χ1n) is 11.3. The maximum atomic E-state index is 13.1. The van der Waals surface area contributed by atoms with Gasteiger partial charge in [0.1, 0.15) is 5.75 Å². The van der Waals surface area contributed by atoms with Crippen molar-refractivity contribution in [3.05, 3.63) is 70.6 Å². The predicted molar refractivity (Wildman–Crippen MR) is 128 cm³/mol. The van der Waals surface area contributed by atoms with Crippen LogP contribution in [0.15, 0.2) is 59.5 Å². The van der Waals surface area contributed by atoms with E-state index in [0.717, 1.165) is 49.2 Å². The maximum absolute atomic E-state index is 13.1. The summed E-state index contributed by atoms with van der Waals surface area (Å²) in [6, 6.07) is 15.2. The van der Waals surface area contributed by atoms with Crippen molar-refractivity contribution in [1.29, 1.82) is 0 Å². The van der Waals surface area contributed by atoms with Crippen LogP contribution in [0.1, 0.15) is 24.8 Å². The summed E-state index contributed by atoms with van der Waals surface area (Å²) >= 11 is 0. The van der Waals surface area contributed by atoms with E-state index in [1.165, 1.54) is 0 Å². The number of aromatic nitrogens is 1. The number of carbonyl (C=O) groups is 1. The Morgan fingerprint density at radius 3 is 2.66 bits per heavy atom. The number of amides is 1. The molecule has 0 saturated carbocycles. The number of pyridine rings is 1. The molecule has 1 aliphatic rings. The monoisotopic (exact) mass is 433 g/mol. The standard InChI is InChI=1S/C26H31N3O3/c1-28-14-11-20(12-15-28)18-29-16-13-22-23(26(29)31)7-4-8-24(22)27-25(30)10-9-19-5-3-6-21(17-19)32-2/h3-8,13,16-17,20H,9-12,14-15,18H2,1-2H3,(H,27,30). The van der Waals surface area contributed by atoms with E-state index in [0.29, 0.717) is 29.8 Å². The van der Waals surface area contributed by atoms with Gasteiger partial charge in [-0.15, -0.1) is 0 Å². The van der Waals surface area contributed by atoms with Crippen molar-refractivity contribution in [3.8, 4) is 5.75 Å². The molecule has 0 radical (unpaired) electrons. The van der Waals surface area contributed by atoms with Crippen molar-refractivity contribution < 1.29 is 9.53 Å². The summed E-state index contributed by atoms with van der Waals surface area (Å²) < 4.78 is 7.07. The molecule has 2 heterocycles. The molecule has 1 amide bonds. The first-order chi connectivity index (χ1) is 15.5. The fourth-order valence-electron chi connectivity index (χ4n) is 4.39. The van der Waals surface area contributed by atoms with Crippen molar-refractivity contribution in [2.24, 2.45) is 5.92 Å². The Labute approximate surface area is 188 Å². The summed E-state index contributed by atoms with van der Waals surface area (Å²) in [6.07, 6.45) is 5.08. The average molecular weight is 434 g/mol. The predicted octanol–water partition coefficient (Wildman–Crippen LogP) is 3.92. The smallest absolute Gasteiger partial charge is 0.258 e. The maximum Gasteiger partial charge on any atom is 0.258 e. The van der Waals surface area contributed by atoms with E-state index in [-0.39, 0.29) is 11.5 Å². The first-order valence-corrected chi connectivity index (χ1v) is 11.3. The van der Waals surface area contributed by atoms with Crippen LogP contribution in [0.2, 0.25) is 0 Å². The van der Waals surface area contributed by atoms with Crippen LogP contribution in [0.5, 0.6) is 5.75 Å². The lowest BCUT2D eigenvalue weighted by Gasteiger charge is -2.29. The Morgan fingerprint density at radius 2 is 1.88 bits per heavy atom. The first kappa shape index (κ1) is 22.1. The third-order valence-electron chi connectivity index (χ3n) is 6.36. The van der Waals surface area contributed by atoms with E-state index in [2.05, 4.69) is 17.3 Å². The van der Waals surface area contributed by atoms with Gasteiger partial charge in [-0.1, -0.05) is 18.2 Å². The zero-order valence-corrected chi connectivity index (χ0v) is 18.8. The van der Waals surface area contributed by atoms with Crippen LogP contribution in [0.25, 0.3) is 10.8 Å². The Hall–Kier alpha value is -3.12. The van der Waals surface area contributed by atoms with Crippen molar-refractivity contribution in [1.82, 2.24) is 9.47 Å². The molecule has 6 nitrogen and oxygen atoms in total. The van der Waals surface area contributed by atoms with E-state index in [9.17, 15) is 9.59 Å². The number of benzene rings is 2. The second-order valence-corrected chi connectivity index (χ2v) is 8.69. The van der Waals surface area contributed by atoms with E-state index in [1.54, 1.807) is 7.11 Å². The molecule has 6 heteroatoms. The van der Waals surface area contributed by atoms with Crippen LogP contribution >= 0.6 is 0 Å². The molecule has 0 spiro atoms. The van der Waals surface area contributed by atoms with Gasteiger partial charge in [-0.3, -0.25) is 9.59 Å². The summed E-state index contributed by atoms with van der Waals surface area (Å²) in [6.45, 7) is 2.91. The van der Waals surface area contributed by atoms with Gasteiger partial charge >= 0.3 is 0 Å². The number of likely N-dealkylation sites (tertiary alicyclic amines) is 1. The van der Waals surface area contributed by atoms with Gasteiger partial charge in [0.25, 0.3) is 5.56 Å². The molecule has 2 aromatic carbocycles. The fourth-order valence-corrected chi connectivity index (χ4v) is 4.39. The number of piperidine rings is 1. The van der Waals surface area contributed by atoms with Crippen LogP contribution in [-0.4, -0.2) is 42.6 Å². The molecule has 3 aromatic rings. The number of anilines is 1. The lowest BCUT2D eigenvalue weighted by atomic mass is 9.97. The van der Waals surface area contributed by atoms with Crippen molar-refractivity contribution in [2.45, 2.75) is 32.2 Å². The molecule has 1 aliphatic heterocycles. The van der Waals surface area contributed by atoms with E-state index >= 15 is 0 Å². The molecular weight excluding hydrogens is 402 g/mol. The van der Waals surface area contributed by atoms with Gasteiger partial charge in [-0.05, 0) is 81.2 Å². The highest BCUT2D eigenvalue weighted by Crippen LogP contribution is 2.23. The number of nitrogens with zero attached hydrogens (tertiary/aromatic N) is 2.